The Kier molecular flexibility index (Phi) is 7.60. The van der Waals surface area contributed by atoms with Gasteiger partial charge in [0.05, 0.1) is 18.3 Å². The van der Waals surface area contributed by atoms with Crippen LogP contribution in [0.1, 0.15) is 46.1 Å². The van der Waals surface area contributed by atoms with E-state index < -0.39 is 6.04 Å². The number of amides is 1. The Balaban J connectivity index is 1.39. The monoisotopic (exact) mass is 509 g/mol. The number of oxime groups is 1. The maximum Gasteiger partial charge on any atom is 0.254 e. The summed E-state index contributed by atoms with van der Waals surface area (Å²) in [6.45, 7) is 0.336. The maximum absolute atomic E-state index is 13.7. The van der Waals surface area contributed by atoms with Crippen molar-refractivity contribution in [1.29, 1.82) is 0 Å². The topological polar surface area (TPSA) is 84.1 Å². The van der Waals surface area contributed by atoms with Crippen LogP contribution in [0.25, 0.3) is 11.1 Å². The zero-order valence-electron chi connectivity index (χ0n) is 21.8. The summed E-state index contributed by atoms with van der Waals surface area (Å²) in [5.41, 5.74) is 4.68. The summed E-state index contributed by atoms with van der Waals surface area (Å²) < 4.78 is 5.75. The van der Waals surface area contributed by atoms with E-state index in [0.29, 0.717) is 30.2 Å². The van der Waals surface area contributed by atoms with Crippen molar-refractivity contribution in [3.8, 4) is 11.1 Å². The molecule has 1 unspecified atom stereocenters. The molecule has 1 amide bonds. The first-order valence-electron chi connectivity index (χ1n) is 12.6. The lowest BCUT2D eigenvalue weighted by atomic mass is 10.0. The molecule has 1 fully saturated rings. The molecule has 4 aromatic rings. The largest absolute Gasteiger partial charge is 0.399 e. The minimum Gasteiger partial charge on any atom is -0.399 e. The summed E-state index contributed by atoms with van der Waals surface area (Å²) in [5, 5.41) is 8.45. The first kappa shape index (κ1) is 25.4. The molecule has 194 valence electrons. The first-order chi connectivity index (χ1) is 18.5. The molecule has 0 radical (unpaired) electrons. The van der Waals surface area contributed by atoms with Crippen LogP contribution in [-0.2, 0) is 11.3 Å². The van der Waals surface area contributed by atoms with Gasteiger partial charge in [0.1, 0.15) is 13.2 Å². The third kappa shape index (κ3) is 5.50. The second-order valence-corrected chi connectivity index (χ2v) is 9.60. The molecule has 0 aliphatic carbocycles. The van der Waals surface area contributed by atoms with E-state index >= 15 is 0 Å². The number of hydrogen-bond acceptors (Lipinski definition) is 7. The van der Waals surface area contributed by atoms with E-state index in [0.717, 1.165) is 23.3 Å². The normalized spacial score (nSPS) is 17.2. The van der Waals surface area contributed by atoms with E-state index in [-0.39, 0.29) is 11.9 Å². The van der Waals surface area contributed by atoms with Gasteiger partial charge in [-0.05, 0) is 49.3 Å². The van der Waals surface area contributed by atoms with Crippen LogP contribution < -0.4 is 0 Å². The molecule has 0 N–H and O–H groups in total. The highest BCUT2D eigenvalue weighted by Crippen LogP contribution is 2.32. The van der Waals surface area contributed by atoms with Crippen LogP contribution >= 0.6 is 0 Å². The highest BCUT2D eigenvalue weighted by molar-refractivity contribution is 6.00. The van der Waals surface area contributed by atoms with Crippen molar-refractivity contribution in [2.45, 2.75) is 24.9 Å². The molecule has 8 nitrogen and oxygen atoms in total. The molecule has 2 atom stereocenters. The Bertz CT molecular complexity index is 1380. The number of carbonyl (C=O) groups excluding carboxylic acids is 1. The van der Waals surface area contributed by atoms with Crippen LogP contribution in [0.4, 0.5) is 0 Å². The van der Waals surface area contributed by atoms with Gasteiger partial charge in [0.2, 0.25) is 5.89 Å². The lowest BCUT2D eigenvalue weighted by molar-refractivity contribution is 0.0732. The number of nitrogens with zero attached hydrogens (tertiary/aromatic N) is 5. The summed E-state index contributed by atoms with van der Waals surface area (Å²) in [4.78, 5) is 27.3. The zero-order chi connectivity index (χ0) is 26.5. The van der Waals surface area contributed by atoms with E-state index in [4.69, 9.17) is 14.3 Å². The van der Waals surface area contributed by atoms with Gasteiger partial charge < -0.3 is 14.3 Å². The van der Waals surface area contributed by atoms with Crippen LogP contribution in [0.5, 0.6) is 0 Å². The average Bonchev–Trinajstić information content (AvgIpc) is 3.60. The number of carbonyl (C=O) groups is 1. The van der Waals surface area contributed by atoms with Crippen molar-refractivity contribution in [2.75, 3.05) is 27.7 Å². The zero-order valence-corrected chi connectivity index (χ0v) is 21.8. The lowest BCUT2D eigenvalue weighted by Crippen LogP contribution is -2.32. The molecule has 0 bridgehead atoms. The van der Waals surface area contributed by atoms with E-state index in [1.807, 2.05) is 86.9 Å². The summed E-state index contributed by atoms with van der Waals surface area (Å²) in [6, 6.07) is 27.4. The van der Waals surface area contributed by atoms with Crippen LogP contribution in [-0.4, -0.2) is 59.3 Å². The van der Waals surface area contributed by atoms with Crippen LogP contribution in [0.3, 0.4) is 0 Å². The Morgan fingerprint density at radius 2 is 1.68 bits per heavy atom. The fourth-order valence-corrected chi connectivity index (χ4v) is 4.79. The minimum atomic E-state index is -0.401. The summed E-state index contributed by atoms with van der Waals surface area (Å²) >= 11 is 0. The Morgan fingerprint density at radius 1 is 1.03 bits per heavy atom. The van der Waals surface area contributed by atoms with Crippen molar-refractivity contribution in [1.82, 2.24) is 19.9 Å². The van der Waals surface area contributed by atoms with Crippen LogP contribution in [0.15, 0.2) is 94.6 Å². The molecule has 2 heterocycles. The van der Waals surface area contributed by atoms with Gasteiger partial charge in [-0.1, -0.05) is 83.1 Å². The van der Waals surface area contributed by atoms with E-state index in [9.17, 15) is 4.79 Å². The fourth-order valence-electron chi connectivity index (χ4n) is 4.79. The average molecular weight is 510 g/mol. The number of hydrogen-bond donors (Lipinski definition) is 0. The molecule has 5 rings (SSSR count). The van der Waals surface area contributed by atoms with Crippen LogP contribution in [0.2, 0.25) is 0 Å². The number of rotatable bonds is 8. The quantitative estimate of drug-likeness (QED) is 0.305. The smallest absolute Gasteiger partial charge is 0.254 e. The van der Waals surface area contributed by atoms with Gasteiger partial charge in [0, 0.05) is 12.0 Å². The SMILES string of the molecule is CON=C1CC(c2noc([C@@H](Cc3ccccc3)N(C)C)n2)N(C(=O)c2ccc(-c3ccccc3)cc2)C1. The second-order valence-electron chi connectivity index (χ2n) is 9.60. The van der Waals surface area contributed by atoms with Gasteiger partial charge in [0.15, 0.2) is 5.82 Å². The third-order valence-corrected chi connectivity index (χ3v) is 6.81. The molecular weight excluding hydrogens is 478 g/mol. The lowest BCUT2D eigenvalue weighted by Gasteiger charge is -2.22. The summed E-state index contributed by atoms with van der Waals surface area (Å²) in [5.74, 6) is 0.872. The highest BCUT2D eigenvalue weighted by Gasteiger charge is 2.38. The molecule has 0 spiro atoms. The first-order valence-corrected chi connectivity index (χ1v) is 12.6. The molecule has 0 saturated carbocycles. The maximum atomic E-state index is 13.7. The van der Waals surface area contributed by atoms with Crippen molar-refractivity contribution in [3.05, 3.63) is 108 Å². The predicted octanol–water partition coefficient (Wildman–Crippen LogP) is 5.17. The van der Waals surface area contributed by atoms with Crippen molar-refractivity contribution in [2.24, 2.45) is 5.16 Å². The number of likely N-dealkylation sites (N-methyl/N-ethyl adjacent to an activating group) is 1. The highest BCUT2D eigenvalue weighted by atomic mass is 16.6. The molecule has 3 aromatic carbocycles. The number of benzene rings is 3. The standard InChI is InChI=1S/C30H31N5O3/c1-34(2)27(18-21-10-6-4-7-11-21)29-31-28(33-38-29)26-19-25(32-37-3)20-35(26)30(36)24-16-14-23(15-17-24)22-12-8-5-9-13-22/h4-17,26-27H,18-20H2,1-3H3/t26?,27-/m1/s1. The van der Waals surface area contributed by atoms with Gasteiger partial charge in [-0.3, -0.25) is 9.69 Å². The molecule has 38 heavy (non-hydrogen) atoms. The Morgan fingerprint density at radius 3 is 2.34 bits per heavy atom. The molecule has 1 aromatic heterocycles. The van der Waals surface area contributed by atoms with Crippen molar-refractivity contribution < 1.29 is 14.2 Å². The predicted molar refractivity (Wildman–Crippen MR) is 146 cm³/mol. The van der Waals surface area contributed by atoms with Gasteiger partial charge in [-0.25, -0.2) is 0 Å². The third-order valence-electron chi connectivity index (χ3n) is 6.81. The summed E-state index contributed by atoms with van der Waals surface area (Å²) in [7, 11) is 5.49. The number of likely N-dealkylation sites (tertiary alicyclic amines) is 1. The van der Waals surface area contributed by atoms with Gasteiger partial charge in [-0.15, -0.1) is 0 Å². The molecular formula is C30H31N5O3. The van der Waals surface area contributed by atoms with Crippen molar-refractivity contribution in [3.63, 3.8) is 0 Å². The molecule has 1 aliphatic heterocycles. The van der Waals surface area contributed by atoms with E-state index in [2.05, 4.69) is 27.3 Å². The molecule has 1 saturated heterocycles. The fraction of sp³-hybridized carbons (Fsp3) is 0.267. The van der Waals surface area contributed by atoms with Gasteiger partial charge in [-0.2, -0.15) is 4.98 Å². The minimum absolute atomic E-state index is 0.0955. The Hall–Kier alpha value is -4.30. The van der Waals surface area contributed by atoms with Gasteiger partial charge >= 0.3 is 0 Å². The number of aromatic nitrogens is 2. The molecule has 8 heteroatoms. The summed E-state index contributed by atoms with van der Waals surface area (Å²) in [6.07, 6.45) is 1.21. The van der Waals surface area contributed by atoms with Crippen molar-refractivity contribution >= 4 is 11.6 Å². The van der Waals surface area contributed by atoms with Crippen LogP contribution in [0, 0.1) is 0 Å². The van der Waals surface area contributed by atoms with Gasteiger partial charge in [0.25, 0.3) is 5.91 Å². The van der Waals surface area contributed by atoms with E-state index in [1.165, 1.54) is 12.7 Å². The second kappa shape index (κ2) is 11.4. The Labute approximate surface area is 222 Å². The molecule has 1 aliphatic rings. The van der Waals surface area contributed by atoms with E-state index in [1.54, 1.807) is 4.90 Å².